The molecule has 3 N–H and O–H groups in total. The zero-order valence-corrected chi connectivity index (χ0v) is 28.2. The van der Waals surface area contributed by atoms with Crippen molar-refractivity contribution < 1.29 is 19.1 Å². The number of carbonyl (C=O) groups excluding carboxylic acids is 2. The molecule has 2 heterocycles. The molecule has 0 spiro atoms. The summed E-state index contributed by atoms with van der Waals surface area (Å²) < 4.78 is 9.88. The molecule has 2 amide bonds. The predicted octanol–water partition coefficient (Wildman–Crippen LogP) is 6.22. The Morgan fingerprint density at radius 1 is 0.854 bits per heavy atom. The van der Waals surface area contributed by atoms with Crippen molar-refractivity contribution in [2.24, 2.45) is 5.92 Å². The molecular formula is C37H43N7O4. The molecule has 11 heteroatoms. The number of fused-ring (bicyclic) bond motifs is 6. The highest BCUT2D eigenvalue weighted by Crippen LogP contribution is 2.32. The van der Waals surface area contributed by atoms with Crippen LogP contribution in [-0.2, 0) is 27.4 Å². The lowest BCUT2D eigenvalue weighted by atomic mass is 9.98. The number of imidazole rings is 2. The fourth-order valence-electron chi connectivity index (χ4n) is 6.48. The highest BCUT2D eigenvalue weighted by molar-refractivity contribution is 6.07. The molecule has 4 aromatic carbocycles. The van der Waals surface area contributed by atoms with Gasteiger partial charge in [-0.3, -0.25) is 9.69 Å². The summed E-state index contributed by atoms with van der Waals surface area (Å²) in [4.78, 5) is 45.0. The molecule has 0 aliphatic heterocycles. The van der Waals surface area contributed by atoms with E-state index in [4.69, 9.17) is 14.7 Å². The minimum atomic E-state index is -0.634. The topological polar surface area (TPSA) is 128 Å². The maximum absolute atomic E-state index is 12.8. The highest BCUT2D eigenvalue weighted by atomic mass is 16.5. The van der Waals surface area contributed by atoms with Crippen LogP contribution in [0.25, 0.3) is 54.7 Å². The Balaban J connectivity index is 1.22. The molecule has 0 aliphatic rings. The number of nitrogens with one attached hydrogen (secondary N) is 3. The van der Waals surface area contributed by atoms with Gasteiger partial charge in [-0.05, 0) is 65.6 Å². The second kappa shape index (κ2) is 14.4. The van der Waals surface area contributed by atoms with Gasteiger partial charge >= 0.3 is 6.09 Å². The number of carbonyl (C=O) groups is 2. The van der Waals surface area contributed by atoms with E-state index in [1.54, 1.807) is 12.0 Å². The van der Waals surface area contributed by atoms with Gasteiger partial charge in [0.2, 0.25) is 5.91 Å². The van der Waals surface area contributed by atoms with Crippen molar-refractivity contribution in [3.05, 3.63) is 72.3 Å². The number of methoxy groups -OCH3 is 2. The van der Waals surface area contributed by atoms with Crippen molar-refractivity contribution in [1.29, 1.82) is 0 Å². The molecule has 2 aromatic heterocycles. The van der Waals surface area contributed by atoms with Crippen LogP contribution in [0.15, 0.2) is 60.7 Å². The molecule has 250 valence electrons. The summed E-state index contributed by atoms with van der Waals surface area (Å²) in [6, 6.07) is 21.4. The minimum absolute atomic E-state index is 0.131. The molecule has 0 saturated heterocycles. The molecule has 0 saturated carbocycles. The summed E-state index contributed by atoms with van der Waals surface area (Å²) in [5, 5.41) is 6.85. The largest absolute Gasteiger partial charge is 0.453 e. The van der Waals surface area contributed by atoms with Crippen molar-refractivity contribution >= 4 is 55.6 Å². The zero-order valence-electron chi connectivity index (χ0n) is 28.2. The van der Waals surface area contributed by atoms with E-state index in [1.807, 2.05) is 13.0 Å². The van der Waals surface area contributed by atoms with E-state index < -0.39 is 6.09 Å². The average Bonchev–Trinajstić information content (AvgIpc) is 3.70. The number of H-pyrrole nitrogens is 2. The van der Waals surface area contributed by atoms with Gasteiger partial charge < -0.3 is 29.7 Å². The standard InChI is InChI=1S/C37H43N7O4/c1-6-15-44(34(45)18-38-37(46)48-5)21-33-40-31-14-10-27-17-25(8-12-29(27)36(31)42-33)24-7-11-28-26(16-24)9-13-30-35(28)41-32(39-30)20-43(3)19-23(2)22-47-4/h7-14,16-17,23H,6,15,18-22H2,1-5H3,(H,38,46)(H,39,41)(H,40,42)/t23-/m1/s1. The molecule has 0 fully saturated rings. The smallest absolute Gasteiger partial charge is 0.407 e. The number of hydrogen-bond donors (Lipinski definition) is 3. The van der Waals surface area contributed by atoms with Crippen molar-refractivity contribution in [2.45, 2.75) is 33.4 Å². The van der Waals surface area contributed by atoms with E-state index in [0.717, 1.165) is 86.7 Å². The van der Waals surface area contributed by atoms with E-state index in [2.05, 4.69) is 93.5 Å². The number of alkyl carbamates (subject to hydrolysis) is 1. The lowest BCUT2D eigenvalue weighted by molar-refractivity contribution is -0.130. The van der Waals surface area contributed by atoms with Gasteiger partial charge in [0.1, 0.15) is 18.2 Å². The summed E-state index contributed by atoms with van der Waals surface area (Å²) in [6.45, 7) is 7.35. The number of ether oxygens (including phenoxy) is 2. The molecule has 6 aromatic rings. The molecular weight excluding hydrogens is 606 g/mol. The molecule has 0 bridgehead atoms. The van der Waals surface area contributed by atoms with Crippen molar-refractivity contribution in [3.63, 3.8) is 0 Å². The first-order valence-electron chi connectivity index (χ1n) is 16.4. The van der Waals surface area contributed by atoms with Crippen molar-refractivity contribution in [3.8, 4) is 11.1 Å². The summed E-state index contributed by atoms with van der Waals surface area (Å²) in [6.07, 6.45) is 0.149. The average molecular weight is 650 g/mol. The fourth-order valence-corrected chi connectivity index (χ4v) is 6.48. The van der Waals surface area contributed by atoms with E-state index in [0.29, 0.717) is 24.8 Å². The number of benzene rings is 4. The first-order valence-corrected chi connectivity index (χ1v) is 16.4. The summed E-state index contributed by atoms with van der Waals surface area (Å²) >= 11 is 0. The monoisotopic (exact) mass is 649 g/mol. The van der Waals surface area contributed by atoms with Gasteiger partial charge in [-0.15, -0.1) is 0 Å². The van der Waals surface area contributed by atoms with Crippen LogP contribution in [0.1, 0.15) is 31.9 Å². The number of hydrogen-bond acceptors (Lipinski definition) is 7. The number of nitrogens with zero attached hydrogens (tertiary/aromatic N) is 4. The van der Waals surface area contributed by atoms with Crippen LogP contribution < -0.4 is 5.32 Å². The van der Waals surface area contributed by atoms with Crippen molar-refractivity contribution in [2.75, 3.05) is 47.5 Å². The Bertz CT molecular complexity index is 2090. The van der Waals surface area contributed by atoms with Crippen LogP contribution in [0.4, 0.5) is 4.79 Å². The number of aromatic amines is 2. The molecule has 6 rings (SSSR count). The molecule has 0 unspecified atom stereocenters. The number of amides is 2. The van der Waals surface area contributed by atoms with Gasteiger partial charge in [0, 0.05) is 37.6 Å². The molecule has 0 radical (unpaired) electrons. The van der Waals surface area contributed by atoms with E-state index in [-0.39, 0.29) is 12.5 Å². The third-order valence-electron chi connectivity index (χ3n) is 8.62. The Labute approximate surface area is 279 Å². The van der Waals surface area contributed by atoms with Gasteiger partial charge in [0.05, 0.1) is 42.3 Å². The quantitative estimate of drug-likeness (QED) is 0.136. The van der Waals surface area contributed by atoms with Crippen LogP contribution in [0.5, 0.6) is 0 Å². The number of aromatic nitrogens is 4. The van der Waals surface area contributed by atoms with Crippen LogP contribution in [0.3, 0.4) is 0 Å². The van der Waals surface area contributed by atoms with Crippen LogP contribution in [0, 0.1) is 5.92 Å². The molecule has 1 atom stereocenters. The molecule has 48 heavy (non-hydrogen) atoms. The van der Waals surface area contributed by atoms with E-state index in [1.165, 1.54) is 7.11 Å². The maximum atomic E-state index is 12.8. The molecule has 0 aliphatic carbocycles. The first kappa shape index (κ1) is 32.9. The molecule has 11 nitrogen and oxygen atoms in total. The lowest BCUT2D eigenvalue weighted by Gasteiger charge is -2.21. The Morgan fingerprint density at radius 2 is 1.44 bits per heavy atom. The fraction of sp³-hybridized carbons (Fsp3) is 0.351. The van der Waals surface area contributed by atoms with Crippen LogP contribution >= 0.6 is 0 Å². The van der Waals surface area contributed by atoms with Gasteiger partial charge in [0.25, 0.3) is 0 Å². The van der Waals surface area contributed by atoms with E-state index >= 15 is 0 Å². The zero-order chi connectivity index (χ0) is 33.8. The van der Waals surface area contributed by atoms with E-state index in [9.17, 15) is 9.59 Å². The van der Waals surface area contributed by atoms with Gasteiger partial charge in [-0.2, -0.15) is 0 Å². The third-order valence-corrected chi connectivity index (χ3v) is 8.62. The summed E-state index contributed by atoms with van der Waals surface area (Å²) in [5.74, 6) is 1.90. The second-order valence-corrected chi connectivity index (χ2v) is 12.6. The normalized spacial score (nSPS) is 12.4. The maximum Gasteiger partial charge on any atom is 0.407 e. The minimum Gasteiger partial charge on any atom is -0.453 e. The summed E-state index contributed by atoms with van der Waals surface area (Å²) in [7, 11) is 5.13. The van der Waals surface area contributed by atoms with Gasteiger partial charge in [0.15, 0.2) is 0 Å². The second-order valence-electron chi connectivity index (χ2n) is 12.6. The Morgan fingerprint density at radius 3 is 1.98 bits per heavy atom. The van der Waals surface area contributed by atoms with Crippen LogP contribution in [-0.4, -0.2) is 89.2 Å². The Hall–Kier alpha value is -5.00. The van der Waals surface area contributed by atoms with Crippen molar-refractivity contribution in [1.82, 2.24) is 35.1 Å². The highest BCUT2D eigenvalue weighted by Gasteiger charge is 2.18. The number of rotatable bonds is 13. The summed E-state index contributed by atoms with van der Waals surface area (Å²) in [5.41, 5.74) is 6.04. The van der Waals surface area contributed by atoms with Crippen LogP contribution in [0.2, 0.25) is 0 Å². The lowest BCUT2D eigenvalue weighted by Crippen LogP contribution is -2.40. The van der Waals surface area contributed by atoms with Gasteiger partial charge in [-0.1, -0.05) is 50.2 Å². The first-order chi connectivity index (χ1) is 23.3. The predicted molar refractivity (Wildman–Crippen MR) is 190 cm³/mol. The SMILES string of the molecule is CCCN(Cc1nc2c(ccc3cc(-c4ccc5c(ccc6[nH]c(CN(C)C[C@@H](C)COC)nc65)c4)ccc32)[nH]1)C(=O)CNC(=O)OC. The third kappa shape index (κ3) is 7.12. The Kier molecular flexibility index (Phi) is 9.88. The van der Waals surface area contributed by atoms with Gasteiger partial charge in [-0.25, -0.2) is 14.8 Å².